The molecule has 3 N–H and O–H groups in total. The fourth-order valence-corrected chi connectivity index (χ4v) is 5.51. The van der Waals surface area contributed by atoms with Crippen LogP contribution in [0.2, 0.25) is 0 Å². The smallest absolute Gasteiger partial charge is 0.339 e. The van der Waals surface area contributed by atoms with Crippen molar-refractivity contribution in [2.45, 2.75) is 56.9 Å². The maximum absolute atomic E-state index is 12.2. The lowest BCUT2D eigenvalue weighted by atomic mass is 10.0. The Morgan fingerprint density at radius 3 is 2.65 bits per heavy atom. The number of rotatable bonds is 10. The van der Waals surface area contributed by atoms with Crippen molar-refractivity contribution in [3.63, 3.8) is 0 Å². The van der Waals surface area contributed by atoms with Gasteiger partial charge in [0.25, 0.3) is 0 Å². The molecular formula is C22H29N3O5S. The summed E-state index contributed by atoms with van der Waals surface area (Å²) in [5, 5.41) is 8.84. The minimum Gasteiger partial charge on any atom is -0.454 e. The van der Waals surface area contributed by atoms with E-state index in [-0.39, 0.29) is 43.0 Å². The molecule has 31 heavy (non-hydrogen) atoms. The van der Waals surface area contributed by atoms with Gasteiger partial charge in [-0.1, -0.05) is 24.6 Å². The number of Topliss-reactive ketones (excluding diaryl/α,β-unsaturated/α-hetero) is 1. The molecule has 0 bridgehead atoms. The molecule has 0 spiro atoms. The number of carbonyl (C=O) groups is 4. The Bertz CT molecular complexity index is 839. The molecule has 2 aliphatic rings. The van der Waals surface area contributed by atoms with E-state index in [0.717, 1.165) is 36.1 Å². The lowest BCUT2D eigenvalue weighted by Crippen LogP contribution is -2.36. The molecular weight excluding hydrogens is 418 g/mol. The molecule has 2 fully saturated rings. The molecule has 1 aromatic rings. The predicted octanol–water partition coefficient (Wildman–Crippen LogP) is 1.87. The molecule has 0 aromatic heterocycles. The first-order chi connectivity index (χ1) is 14.8. The molecule has 2 heterocycles. The topological polar surface area (TPSA) is 114 Å². The lowest BCUT2D eigenvalue weighted by molar-refractivity contribution is -0.126. The highest BCUT2D eigenvalue weighted by Crippen LogP contribution is 2.33. The van der Waals surface area contributed by atoms with E-state index < -0.39 is 5.97 Å². The molecule has 3 rings (SSSR count). The maximum atomic E-state index is 12.2. The molecule has 8 nitrogen and oxygen atoms in total. The van der Waals surface area contributed by atoms with Crippen molar-refractivity contribution >= 4 is 35.5 Å². The monoisotopic (exact) mass is 447 g/mol. The van der Waals surface area contributed by atoms with Gasteiger partial charge in [-0.25, -0.2) is 9.59 Å². The predicted molar refractivity (Wildman–Crippen MR) is 118 cm³/mol. The van der Waals surface area contributed by atoms with Gasteiger partial charge in [0.1, 0.15) is 0 Å². The van der Waals surface area contributed by atoms with Crippen LogP contribution in [0.5, 0.6) is 0 Å². The van der Waals surface area contributed by atoms with Crippen molar-refractivity contribution < 1.29 is 23.9 Å². The average molecular weight is 448 g/mol. The van der Waals surface area contributed by atoms with E-state index in [2.05, 4.69) is 16.0 Å². The van der Waals surface area contributed by atoms with Gasteiger partial charge in [0.2, 0.25) is 5.91 Å². The number of benzene rings is 1. The fourth-order valence-electron chi connectivity index (χ4n) is 3.97. The van der Waals surface area contributed by atoms with Crippen LogP contribution < -0.4 is 16.0 Å². The fraction of sp³-hybridized carbons (Fsp3) is 0.545. The molecule has 3 amide bonds. The van der Waals surface area contributed by atoms with Gasteiger partial charge in [0.05, 0.1) is 24.2 Å². The highest BCUT2D eigenvalue weighted by atomic mass is 32.2. The zero-order valence-electron chi connectivity index (χ0n) is 17.9. The summed E-state index contributed by atoms with van der Waals surface area (Å²) in [5.41, 5.74) is 2.06. The van der Waals surface area contributed by atoms with Crippen LogP contribution >= 0.6 is 11.8 Å². The third-order valence-electron chi connectivity index (χ3n) is 5.61. The van der Waals surface area contributed by atoms with Crippen molar-refractivity contribution in [2.24, 2.45) is 0 Å². The standard InChI is InChI=1S/C22H29N3O5S/c1-13-6-5-7-14(2)19(13)21(28)30-11-15(26)10-23-18(27)9-4-3-8-17-20-16(12-31-17)24-22(29)25-20/h5-7,16-17,20H,3-4,8-12H2,1-2H3,(H,23,27)(H2,24,25,29)/t16-,17+,20-/m0/s1. The van der Waals surface area contributed by atoms with Gasteiger partial charge in [0.15, 0.2) is 12.4 Å². The number of ether oxygens (including phenoxy) is 1. The van der Waals surface area contributed by atoms with E-state index in [1.807, 2.05) is 43.8 Å². The Labute approximate surface area is 186 Å². The number of nitrogens with one attached hydrogen (secondary N) is 3. The van der Waals surface area contributed by atoms with E-state index in [1.165, 1.54) is 0 Å². The molecule has 2 aliphatic heterocycles. The quantitative estimate of drug-likeness (QED) is 0.287. The van der Waals surface area contributed by atoms with E-state index in [9.17, 15) is 19.2 Å². The summed E-state index contributed by atoms with van der Waals surface area (Å²) >= 11 is 1.85. The number of thioether (sulfide) groups is 1. The first-order valence-corrected chi connectivity index (χ1v) is 11.6. The van der Waals surface area contributed by atoms with Gasteiger partial charge in [-0.2, -0.15) is 11.8 Å². The summed E-state index contributed by atoms with van der Waals surface area (Å²) in [6.45, 7) is 3.11. The third-order valence-corrected chi connectivity index (χ3v) is 7.12. The second-order valence-corrected chi connectivity index (χ2v) is 9.30. The van der Waals surface area contributed by atoms with Crippen LogP contribution in [0.1, 0.15) is 47.2 Å². The van der Waals surface area contributed by atoms with E-state index in [1.54, 1.807) is 0 Å². The van der Waals surface area contributed by atoms with Crippen LogP contribution in [0.15, 0.2) is 18.2 Å². The average Bonchev–Trinajstić information content (AvgIpc) is 3.27. The van der Waals surface area contributed by atoms with Gasteiger partial charge in [-0.3, -0.25) is 9.59 Å². The summed E-state index contributed by atoms with van der Waals surface area (Å²) in [6, 6.07) is 5.78. The minimum absolute atomic E-state index is 0.0935. The molecule has 0 aliphatic carbocycles. The second-order valence-electron chi connectivity index (χ2n) is 8.03. The molecule has 168 valence electrons. The minimum atomic E-state index is -0.532. The van der Waals surface area contributed by atoms with Crippen molar-refractivity contribution in [2.75, 3.05) is 18.9 Å². The van der Waals surface area contributed by atoms with Gasteiger partial charge in [-0.15, -0.1) is 0 Å². The number of carbonyl (C=O) groups excluding carboxylic acids is 4. The Morgan fingerprint density at radius 1 is 1.16 bits per heavy atom. The summed E-state index contributed by atoms with van der Waals surface area (Å²) in [6.07, 6.45) is 2.88. The molecule has 0 unspecified atom stereocenters. The first-order valence-electron chi connectivity index (χ1n) is 10.6. The number of esters is 1. The number of fused-ring (bicyclic) bond motifs is 1. The summed E-state index contributed by atoms with van der Waals surface area (Å²) in [7, 11) is 0. The van der Waals surface area contributed by atoms with Crippen molar-refractivity contribution in [1.29, 1.82) is 0 Å². The number of amides is 3. The number of hydrogen-bond donors (Lipinski definition) is 3. The number of hydrogen-bond acceptors (Lipinski definition) is 6. The van der Waals surface area contributed by atoms with E-state index >= 15 is 0 Å². The molecule has 3 atom stereocenters. The van der Waals surface area contributed by atoms with Crippen LogP contribution in [-0.4, -0.2) is 59.9 Å². The number of aryl methyl sites for hydroxylation is 2. The molecule has 0 saturated carbocycles. The van der Waals surface area contributed by atoms with E-state index in [0.29, 0.717) is 17.2 Å². The van der Waals surface area contributed by atoms with Gasteiger partial charge >= 0.3 is 12.0 Å². The Hall–Kier alpha value is -2.55. The normalized spacial score (nSPS) is 21.7. The van der Waals surface area contributed by atoms with Gasteiger partial charge in [0, 0.05) is 17.4 Å². The molecule has 9 heteroatoms. The molecule has 1 aromatic carbocycles. The SMILES string of the molecule is Cc1cccc(C)c1C(=O)OCC(=O)CNC(=O)CCCC[C@H]1SC[C@@H]2NC(=O)N[C@@H]21. The first kappa shape index (κ1) is 23.1. The van der Waals surface area contributed by atoms with Crippen LogP contribution in [0.4, 0.5) is 4.79 Å². The van der Waals surface area contributed by atoms with Crippen LogP contribution in [0.3, 0.4) is 0 Å². The van der Waals surface area contributed by atoms with Gasteiger partial charge < -0.3 is 20.7 Å². The Morgan fingerprint density at radius 2 is 1.90 bits per heavy atom. The Balaban J connectivity index is 1.28. The van der Waals surface area contributed by atoms with E-state index in [4.69, 9.17) is 4.74 Å². The molecule has 0 radical (unpaired) electrons. The maximum Gasteiger partial charge on any atom is 0.339 e. The zero-order valence-corrected chi connectivity index (χ0v) is 18.7. The summed E-state index contributed by atoms with van der Waals surface area (Å²) < 4.78 is 5.10. The molecule has 2 saturated heterocycles. The second kappa shape index (κ2) is 10.7. The summed E-state index contributed by atoms with van der Waals surface area (Å²) in [5.74, 6) is -0.158. The van der Waals surface area contributed by atoms with Gasteiger partial charge in [-0.05, 0) is 37.8 Å². The van der Waals surface area contributed by atoms with Crippen molar-refractivity contribution in [3.05, 3.63) is 34.9 Å². The number of unbranched alkanes of at least 4 members (excludes halogenated alkanes) is 1. The number of ketones is 1. The van der Waals surface area contributed by atoms with Crippen molar-refractivity contribution in [3.8, 4) is 0 Å². The van der Waals surface area contributed by atoms with Crippen LogP contribution in [-0.2, 0) is 14.3 Å². The lowest BCUT2D eigenvalue weighted by Gasteiger charge is -2.16. The highest BCUT2D eigenvalue weighted by molar-refractivity contribution is 8.00. The van der Waals surface area contributed by atoms with Crippen LogP contribution in [0.25, 0.3) is 0 Å². The number of urea groups is 1. The summed E-state index contributed by atoms with van der Waals surface area (Å²) in [4.78, 5) is 47.5. The van der Waals surface area contributed by atoms with Crippen LogP contribution in [0, 0.1) is 13.8 Å². The third kappa shape index (κ3) is 6.22. The highest BCUT2D eigenvalue weighted by Gasteiger charge is 2.42. The van der Waals surface area contributed by atoms with Crippen molar-refractivity contribution in [1.82, 2.24) is 16.0 Å². The zero-order chi connectivity index (χ0) is 22.4. The largest absolute Gasteiger partial charge is 0.454 e. The Kier molecular flexibility index (Phi) is 7.95.